The number of rotatable bonds is 3. The van der Waals surface area contributed by atoms with Crippen molar-refractivity contribution in [2.45, 2.75) is 37.6 Å². The van der Waals surface area contributed by atoms with Gasteiger partial charge in [0.15, 0.2) is 0 Å². The predicted molar refractivity (Wildman–Crippen MR) is 75.2 cm³/mol. The zero-order valence-electron chi connectivity index (χ0n) is 11.6. The Morgan fingerprint density at radius 1 is 1.20 bits per heavy atom. The Morgan fingerprint density at radius 2 is 1.80 bits per heavy atom. The summed E-state index contributed by atoms with van der Waals surface area (Å²) in [4.78, 5) is 11.0. The average Bonchev–Trinajstić information content (AvgIpc) is 2.41. The van der Waals surface area contributed by atoms with Crippen LogP contribution < -0.4 is 0 Å². The minimum Gasteiger partial charge on any atom is -0.478 e. The molecular weight excluding hydrogens is 278 g/mol. The molecule has 5 nitrogen and oxygen atoms in total. The smallest absolute Gasteiger partial charge is 0.335 e. The molecule has 0 bridgehead atoms. The molecule has 1 N–H and O–H groups in total. The maximum atomic E-state index is 12.6. The van der Waals surface area contributed by atoms with E-state index in [1.165, 1.54) is 28.6 Å². The number of hydrogen-bond donors (Lipinski definition) is 1. The van der Waals surface area contributed by atoms with Gasteiger partial charge in [0.25, 0.3) is 0 Å². The second-order valence-electron chi connectivity index (χ2n) is 5.44. The Morgan fingerprint density at radius 3 is 2.35 bits per heavy atom. The Labute approximate surface area is 119 Å². The molecular formula is C14H19NO4S. The molecule has 2 atom stereocenters. The lowest BCUT2D eigenvalue weighted by atomic mass is 9.97. The van der Waals surface area contributed by atoms with Crippen molar-refractivity contribution >= 4 is 16.0 Å². The Balaban J connectivity index is 2.31. The fraction of sp³-hybridized carbons (Fsp3) is 0.500. The number of piperidine rings is 1. The first kappa shape index (κ1) is 15.0. The normalized spacial score (nSPS) is 24.5. The molecule has 2 rings (SSSR count). The third-order valence-corrected chi connectivity index (χ3v) is 5.76. The van der Waals surface area contributed by atoms with E-state index in [-0.39, 0.29) is 16.5 Å². The van der Waals surface area contributed by atoms with Crippen molar-refractivity contribution in [3.05, 3.63) is 29.8 Å². The summed E-state index contributed by atoms with van der Waals surface area (Å²) in [5.41, 5.74) is 0.0870. The molecule has 0 amide bonds. The largest absolute Gasteiger partial charge is 0.478 e. The summed E-state index contributed by atoms with van der Waals surface area (Å²) >= 11 is 0. The number of carboxylic acids is 1. The zero-order valence-corrected chi connectivity index (χ0v) is 12.4. The third-order valence-electron chi connectivity index (χ3n) is 3.77. The van der Waals surface area contributed by atoms with Crippen LogP contribution in [0.3, 0.4) is 0 Å². The molecule has 0 spiro atoms. The highest BCUT2D eigenvalue weighted by Crippen LogP contribution is 2.27. The molecule has 1 aromatic rings. The fourth-order valence-electron chi connectivity index (χ4n) is 2.49. The van der Waals surface area contributed by atoms with Crippen molar-refractivity contribution < 1.29 is 18.3 Å². The summed E-state index contributed by atoms with van der Waals surface area (Å²) in [5, 5.41) is 8.84. The van der Waals surface area contributed by atoms with E-state index in [1.807, 2.05) is 13.8 Å². The van der Waals surface area contributed by atoms with Gasteiger partial charge < -0.3 is 5.11 Å². The Bertz CT molecular complexity index is 594. The highest BCUT2D eigenvalue weighted by atomic mass is 32.2. The summed E-state index contributed by atoms with van der Waals surface area (Å²) in [7, 11) is -3.55. The van der Waals surface area contributed by atoms with Gasteiger partial charge in [-0.2, -0.15) is 4.31 Å². The lowest BCUT2D eigenvalue weighted by Crippen LogP contribution is -2.44. The topological polar surface area (TPSA) is 74.7 Å². The van der Waals surface area contributed by atoms with E-state index >= 15 is 0 Å². The SMILES string of the molecule is CC1CCC(C)N(S(=O)(=O)c2ccc(C(=O)O)cc2)C1. The molecule has 1 aliphatic rings. The van der Waals surface area contributed by atoms with Crippen LogP contribution in [0.2, 0.25) is 0 Å². The molecule has 110 valence electrons. The summed E-state index contributed by atoms with van der Waals surface area (Å²) in [6.07, 6.45) is 1.89. The van der Waals surface area contributed by atoms with Crippen LogP contribution in [-0.4, -0.2) is 36.4 Å². The van der Waals surface area contributed by atoms with Gasteiger partial charge in [-0.1, -0.05) is 6.92 Å². The molecule has 6 heteroatoms. The maximum absolute atomic E-state index is 12.6. The molecule has 1 aliphatic heterocycles. The quantitative estimate of drug-likeness (QED) is 0.928. The van der Waals surface area contributed by atoms with Crippen molar-refractivity contribution in [2.24, 2.45) is 5.92 Å². The van der Waals surface area contributed by atoms with Crippen LogP contribution >= 0.6 is 0 Å². The minimum absolute atomic E-state index is 0.0182. The summed E-state index contributed by atoms with van der Waals surface area (Å²) in [6.45, 7) is 4.47. The van der Waals surface area contributed by atoms with Crippen LogP contribution in [0.25, 0.3) is 0 Å². The van der Waals surface area contributed by atoms with E-state index < -0.39 is 16.0 Å². The van der Waals surface area contributed by atoms with Crippen LogP contribution in [0, 0.1) is 5.92 Å². The first-order valence-corrected chi connectivity index (χ1v) is 8.11. The van der Waals surface area contributed by atoms with Crippen LogP contribution in [-0.2, 0) is 10.0 Å². The van der Waals surface area contributed by atoms with E-state index in [1.54, 1.807) is 0 Å². The van der Waals surface area contributed by atoms with Crippen molar-refractivity contribution in [3.63, 3.8) is 0 Å². The molecule has 1 heterocycles. The fourth-order valence-corrected chi connectivity index (χ4v) is 4.27. The number of carboxylic acid groups (broad SMARTS) is 1. The van der Waals surface area contributed by atoms with Crippen molar-refractivity contribution in [3.8, 4) is 0 Å². The Hall–Kier alpha value is -1.40. The van der Waals surface area contributed by atoms with E-state index in [2.05, 4.69) is 0 Å². The van der Waals surface area contributed by atoms with Crippen LogP contribution in [0.1, 0.15) is 37.0 Å². The number of aromatic carboxylic acids is 1. The van der Waals surface area contributed by atoms with E-state index in [4.69, 9.17) is 5.11 Å². The highest BCUT2D eigenvalue weighted by Gasteiger charge is 2.33. The van der Waals surface area contributed by atoms with Gasteiger partial charge in [0.05, 0.1) is 10.5 Å². The number of hydrogen-bond acceptors (Lipinski definition) is 3. The van der Waals surface area contributed by atoms with E-state index in [9.17, 15) is 13.2 Å². The highest BCUT2D eigenvalue weighted by molar-refractivity contribution is 7.89. The second-order valence-corrected chi connectivity index (χ2v) is 7.33. The minimum atomic E-state index is -3.55. The first-order valence-electron chi connectivity index (χ1n) is 6.67. The second kappa shape index (κ2) is 5.54. The molecule has 2 unspecified atom stereocenters. The van der Waals surface area contributed by atoms with Crippen molar-refractivity contribution in [2.75, 3.05) is 6.54 Å². The summed E-state index contributed by atoms with van der Waals surface area (Å²) in [6, 6.07) is 5.37. The predicted octanol–water partition coefficient (Wildman–Crippen LogP) is 2.19. The zero-order chi connectivity index (χ0) is 14.9. The number of nitrogens with zero attached hydrogens (tertiary/aromatic N) is 1. The summed E-state index contributed by atoms with van der Waals surface area (Å²) in [5.74, 6) is -0.715. The standard InChI is InChI=1S/C14H19NO4S/c1-10-3-4-11(2)15(9-10)20(18,19)13-7-5-12(6-8-13)14(16)17/h5-8,10-11H,3-4,9H2,1-2H3,(H,16,17). The van der Waals surface area contributed by atoms with Gasteiger partial charge in [-0.15, -0.1) is 0 Å². The van der Waals surface area contributed by atoms with Crippen LogP contribution in [0.15, 0.2) is 29.2 Å². The monoisotopic (exact) mass is 297 g/mol. The molecule has 0 radical (unpaired) electrons. The maximum Gasteiger partial charge on any atom is 0.335 e. The van der Waals surface area contributed by atoms with Gasteiger partial charge >= 0.3 is 5.97 Å². The molecule has 0 aromatic heterocycles. The molecule has 0 aliphatic carbocycles. The lowest BCUT2D eigenvalue weighted by Gasteiger charge is -2.35. The van der Waals surface area contributed by atoms with Crippen molar-refractivity contribution in [1.29, 1.82) is 0 Å². The molecule has 20 heavy (non-hydrogen) atoms. The van der Waals surface area contributed by atoms with E-state index in [0.29, 0.717) is 12.5 Å². The van der Waals surface area contributed by atoms with Crippen LogP contribution in [0.4, 0.5) is 0 Å². The van der Waals surface area contributed by atoms with E-state index in [0.717, 1.165) is 12.8 Å². The first-order chi connectivity index (χ1) is 9.32. The molecule has 0 saturated carbocycles. The van der Waals surface area contributed by atoms with Crippen LogP contribution in [0.5, 0.6) is 0 Å². The number of carbonyl (C=O) groups is 1. The summed E-state index contributed by atoms with van der Waals surface area (Å²) < 4.78 is 26.7. The molecule has 1 aromatic carbocycles. The van der Waals surface area contributed by atoms with Gasteiger partial charge in [0.2, 0.25) is 10.0 Å². The Kier molecular flexibility index (Phi) is 4.15. The number of sulfonamides is 1. The number of benzene rings is 1. The van der Waals surface area contributed by atoms with Gasteiger partial charge in [-0.25, -0.2) is 13.2 Å². The van der Waals surface area contributed by atoms with Crippen molar-refractivity contribution in [1.82, 2.24) is 4.31 Å². The lowest BCUT2D eigenvalue weighted by molar-refractivity contribution is 0.0696. The molecule has 1 saturated heterocycles. The third kappa shape index (κ3) is 2.86. The van der Waals surface area contributed by atoms with Gasteiger partial charge in [0.1, 0.15) is 0 Å². The van der Waals surface area contributed by atoms with Gasteiger partial charge in [-0.05, 0) is 49.9 Å². The molecule has 1 fully saturated rings. The van der Waals surface area contributed by atoms with Gasteiger partial charge in [0, 0.05) is 12.6 Å². The average molecular weight is 297 g/mol. The van der Waals surface area contributed by atoms with Gasteiger partial charge in [-0.3, -0.25) is 0 Å².